The van der Waals surface area contributed by atoms with Crippen LogP contribution in [0.5, 0.6) is 0 Å². The summed E-state index contributed by atoms with van der Waals surface area (Å²) in [6, 6.07) is 4.11. The van der Waals surface area contributed by atoms with E-state index in [0.717, 1.165) is 37.4 Å². The van der Waals surface area contributed by atoms with Crippen LogP contribution in [0.2, 0.25) is 0 Å². The summed E-state index contributed by atoms with van der Waals surface area (Å²) in [5, 5.41) is 4.56. The molecule has 4 heteroatoms. The monoisotopic (exact) mass is 203 g/mol. The third-order valence-electron chi connectivity index (χ3n) is 2.92. The molecule has 0 unspecified atom stereocenters. The quantitative estimate of drug-likeness (QED) is 0.707. The van der Waals surface area contributed by atoms with Crippen molar-refractivity contribution in [3.63, 3.8) is 0 Å². The van der Waals surface area contributed by atoms with Crippen LogP contribution in [0.4, 0.5) is 0 Å². The standard InChI is InChI=1S/C11H13N3O/c1-2-11-12-5-6-14(11)13-10(1)9-3-7-15-8-4-9/h1-2,5-6,9H,3-4,7-8H2. The SMILES string of the molecule is c1cn2nc(C3CCOCC3)ccc2n1. The van der Waals surface area contributed by atoms with E-state index in [4.69, 9.17) is 4.74 Å². The maximum atomic E-state index is 5.35. The summed E-state index contributed by atoms with van der Waals surface area (Å²) in [7, 11) is 0. The highest BCUT2D eigenvalue weighted by Gasteiger charge is 2.17. The molecule has 1 saturated heterocycles. The van der Waals surface area contributed by atoms with Gasteiger partial charge in [0.05, 0.1) is 5.69 Å². The normalized spacial score (nSPS) is 18.4. The van der Waals surface area contributed by atoms with Crippen molar-refractivity contribution in [1.29, 1.82) is 0 Å². The van der Waals surface area contributed by atoms with E-state index >= 15 is 0 Å². The molecule has 0 aliphatic carbocycles. The summed E-state index contributed by atoms with van der Waals surface area (Å²) >= 11 is 0. The van der Waals surface area contributed by atoms with Crippen LogP contribution < -0.4 is 0 Å². The van der Waals surface area contributed by atoms with Gasteiger partial charge in [-0.2, -0.15) is 5.10 Å². The number of rotatable bonds is 1. The second kappa shape index (κ2) is 3.62. The van der Waals surface area contributed by atoms with Gasteiger partial charge in [0, 0.05) is 31.5 Å². The highest BCUT2D eigenvalue weighted by molar-refractivity contribution is 5.36. The number of aromatic nitrogens is 3. The minimum atomic E-state index is 0.547. The summed E-state index contributed by atoms with van der Waals surface area (Å²) in [5.74, 6) is 0.547. The molecule has 78 valence electrons. The molecule has 2 aromatic rings. The lowest BCUT2D eigenvalue weighted by molar-refractivity contribution is 0.0843. The molecule has 1 aliphatic rings. The van der Waals surface area contributed by atoms with E-state index in [0.29, 0.717) is 5.92 Å². The van der Waals surface area contributed by atoms with Crippen LogP contribution in [0.25, 0.3) is 5.65 Å². The molecule has 0 radical (unpaired) electrons. The van der Waals surface area contributed by atoms with Crippen LogP contribution in [0.1, 0.15) is 24.5 Å². The van der Waals surface area contributed by atoms with Gasteiger partial charge in [0.1, 0.15) is 0 Å². The molecule has 0 bridgehead atoms. The Morgan fingerprint density at radius 1 is 1.27 bits per heavy atom. The fraction of sp³-hybridized carbons (Fsp3) is 0.455. The van der Waals surface area contributed by atoms with Crippen molar-refractivity contribution in [2.45, 2.75) is 18.8 Å². The molecular formula is C11H13N3O. The van der Waals surface area contributed by atoms with Crippen LogP contribution in [0, 0.1) is 0 Å². The molecule has 0 atom stereocenters. The van der Waals surface area contributed by atoms with Gasteiger partial charge in [-0.25, -0.2) is 9.50 Å². The molecule has 0 N–H and O–H groups in total. The fourth-order valence-electron chi connectivity index (χ4n) is 2.04. The highest BCUT2D eigenvalue weighted by atomic mass is 16.5. The Morgan fingerprint density at radius 2 is 2.13 bits per heavy atom. The summed E-state index contributed by atoms with van der Waals surface area (Å²) in [5.41, 5.74) is 2.06. The van der Waals surface area contributed by atoms with Crippen LogP contribution in [0.15, 0.2) is 24.5 Å². The Kier molecular flexibility index (Phi) is 2.14. The molecule has 0 aromatic carbocycles. The van der Waals surface area contributed by atoms with Crippen molar-refractivity contribution in [1.82, 2.24) is 14.6 Å². The van der Waals surface area contributed by atoms with E-state index in [-0.39, 0.29) is 0 Å². The van der Waals surface area contributed by atoms with Crippen molar-refractivity contribution in [3.8, 4) is 0 Å². The zero-order chi connectivity index (χ0) is 10.1. The fourth-order valence-corrected chi connectivity index (χ4v) is 2.04. The third-order valence-corrected chi connectivity index (χ3v) is 2.92. The second-order valence-corrected chi connectivity index (χ2v) is 3.87. The number of hydrogen-bond donors (Lipinski definition) is 0. The summed E-state index contributed by atoms with van der Waals surface area (Å²) in [4.78, 5) is 4.18. The van der Waals surface area contributed by atoms with Gasteiger partial charge in [0.2, 0.25) is 0 Å². The Hall–Kier alpha value is -1.42. The molecule has 3 heterocycles. The lowest BCUT2D eigenvalue weighted by Crippen LogP contribution is -2.15. The summed E-state index contributed by atoms with van der Waals surface area (Å²) in [6.45, 7) is 1.71. The molecule has 2 aromatic heterocycles. The lowest BCUT2D eigenvalue weighted by Gasteiger charge is -2.21. The zero-order valence-electron chi connectivity index (χ0n) is 8.47. The van der Waals surface area contributed by atoms with Gasteiger partial charge in [0.25, 0.3) is 0 Å². The number of fused-ring (bicyclic) bond motifs is 1. The Balaban J connectivity index is 1.95. The van der Waals surface area contributed by atoms with E-state index < -0.39 is 0 Å². The first kappa shape index (κ1) is 8.85. The molecule has 0 spiro atoms. The maximum Gasteiger partial charge on any atom is 0.153 e. The van der Waals surface area contributed by atoms with E-state index in [2.05, 4.69) is 16.1 Å². The van der Waals surface area contributed by atoms with Gasteiger partial charge < -0.3 is 4.74 Å². The van der Waals surface area contributed by atoms with Gasteiger partial charge in [0.15, 0.2) is 5.65 Å². The molecular weight excluding hydrogens is 190 g/mol. The van der Waals surface area contributed by atoms with Crippen molar-refractivity contribution in [2.24, 2.45) is 0 Å². The highest BCUT2D eigenvalue weighted by Crippen LogP contribution is 2.24. The minimum absolute atomic E-state index is 0.547. The van der Waals surface area contributed by atoms with Gasteiger partial charge >= 0.3 is 0 Å². The van der Waals surface area contributed by atoms with E-state index in [1.165, 1.54) is 0 Å². The van der Waals surface area contributed by atoms with Gasteiger partial charge in [-0.15, -0.1) is 0 Å². The molecule has 0 amide bonds. The molecule has 3 rings (SSSR count). The zero-order valence-corrected chi connectivity index (χ0v) is 8.47. The summed E-state index contributed by atoms with van der Waals surface area (Å²) in [6.07, 6.45) is 5.81. The van der Waals surface area contributed by atoms with Crippen LogP contribution >= 0.6 is 0 Å². The average molecular weight is 203 g/mol. The number of nitrogens with zero attached hydrogens (tertiary/aromatic N) is 3. The molecule has 4 nitrogen and oxygen atoms in total. The molecule has 0 saturated carbocycles. The summed E-state index contributed by atoms with van der Waals surface area (Å²) < 4.78 is 7.18. The van der Waals surface area contributed by atoms with Crippen molar-refractivity contribution in [3.05, 3.63) is 30.2 Å². The van der Waals surface area contributed by atoms with Crippen molar-refractivity contribution in [2.75, 3.05) is 13.2 Å². The topological polar surface area (TPSA) is 39.4 Å². The second-order valence-electron chi connectivity index (χ2n) is 3.87. The smallest absolute Gasteiger partial charge is 0.153 e. The Bertz CT molecular complexity index is 460. The van der Waals surface area contributed by atoms with E-state index in [1.807, 2.05) is 16.8 Å². The van der Waals surface area contributed by atoms with Crippen LogP contribution in [-0.2, 0) is 4.74 Å². The van der Waals surface area contributed by atoms with Crippen molar-refractivity contribution < 1.29 is 4.74 Å². The first-order chi connectivity index (χ1) is 7.43. The maximum absolute atomic E-state index is 5.35. The number of hydrogen-bond acceptors (Lipinski definition) is 3. The first-order valence-electron chi connectivity index (χ1n) is 5.31. The van der Waals surface area contributed by atoms with Gasteiger partial charge in [-0.1, -0.05) is 0 Å². The van der Waals surface area contributed by atoms with Crippen molar-refractivity contribution >= 4 is 5.65 Å². The molecule has 1 aliphatic heterocycles. The minimum Gasteiger partial charge on any atom is -0.381 e. The van der Waals surface area contributed by atoms with E-state index in [1.54, 1.807) is 6.20 Å². The Labute approximate surface area is 87.9 Å². The predicted octanol–water partition coefficient (Wildman–Crippen LogP) is 1.62. The van der Waals surface area contributed by atoms with Gasteiger partial charge in [-0.05, 0) is 25.0 Å². The lowest BCUT2D eigenvalue weighted by atomic mass is 9.96. The number of ether oxygens (including phenoxy) is 1. The first-order valence-corrected chi connectivity index (χ1v) is 5.31. The van der Waals surface area contributed by atoms with E-state index in [9.17, 15) is 0 Å². The average Bonchev–Trinajstić information content (AvgIpc) is 2.77. The largest absolute Gasteiger partial charge is 0.381 e. The van der Waals surface area contributed by atoms with Crippen LogP contribution in [-0.4, -0.2) is 27.8 Å². The third kappa shape index (κ3) is 1.61. The number of imidazole rings is 1. The van der Waals surface area contributed by atoms with Crippen LogP contribution in [0.3, 0.4) is 0 Å². The molecule has 15 heavy (non-hydrogen) atoms. The molecule has 1 fully saturated rings. The predicted molar refractivity (Wildman–Crippen MR) is 55.8 cm³/mol. The Morgan fingerprint density at radius 3 is 3.00 bits per heavy atom. The van der Waals surface area contributed by atoms with Gasteiger partial charge in [-0.3, -0.25) is 0 Å².